The van der Waals surface area contributed by atoms with Gasteiger partial charge in [-0.05, 0) is 55.7 Å². The number of amides is 1. The molecule has 1 amide bonds. The lowest BCUT2D eigenvalue weighted by molar-refractivity contribution is -0.136. The Morgan fingerprint density at radius 1 is 1.06 bits per heavy atom. The van der Waals surface area contributed by atoms with E-state index in [2.05, 4.69) is 12.2 Å². The number of ether oxygens (including phenoxy) is 3. The van der Waals surface area contributed by atoms with Gasteiger partial charge in [-0.15, -0.1) is 11.3 Å². The average molecular weight is 474 g/mol. The van der Waals surface area contributed by atoms with E-state index in [0.29, 0.717) is 42.6 Å². The van der Waals surface area contributed by atoms with Crippen molar-refractivity contribution >= 4 is 35.1 Å². The Morgan fingerprint density at radius 2 is 1.88 bits per heavy atom. The van der Waals surface area contributed by atoms with Crippen LogP contribution in [-0.4, -0.2) is 44.0 Å². The summed E-state index contributed by atoms with van der Waals surface area (Å²) < 4.78 is 16.5. The molecule has 33 heavy (non-hydrogen) atoms. The molecule has 0 aliphatic carbocycles. The summed E-state index contributed by atoms with van der Waals surface area (Å²) in [4.78, 5) is 36.8. The molecule has 1 N–H and O–H groups in total. The highest BCUT2D eigenvalue weighted by Gasteiger charge is 2.12. The Morgan fingerprint density at radius 3 is 2.61 bits per heavy atom. The third kappa shape index (κ3) is 9.49. The van der Waals surface area contributed by atoms with Crippen molar-refractivity contribution in [2.75, 3.05) is 26.4 Å². The highest BCUT2D eigenvalue weighted by Crippen LogP contribution is 2.29. The highest BCUT2D eigenvalue weighted by molar-refractivity contribution is 7.14. The van der Waals surface area contributed by atoms with Gasteiger partial charge < -0.3 is 19.5 Å². The van der Waals surface area contributed by atoms with Crippen LogP contribution < -0.4 is 14.8 Å². The van der Waals surface area contributed by atoms with Gasteiger partial charge in [-0.2, -0.15) is 0 Å². The second-order valence-electron chi connectivity index (χ2n) is 7.20. The molecule has 1 heterocycles. The Balaban J connectivity index is 1.86. The molecule has 0 spiro atoms. The number of ketones is 1. The van der Waals surface area contributed by atoms with Gasteiger partial charge in [-0.25, -0.2) is 4.79 Å². The van der Waals surface area contributed by atoms with E-state index in [9.17, 15) is 14.4 Å². The zero-order chi connectivity index (χ0) is 24.1. The van der Waals surface area contributed by atoms with Gasteiger partial charge in [0.2, 0.25) is 11.7 Å². The summed E-state index contributed by atoms with van der Waals surface area (Å²) in [5.74, 6) is 0.328. The van der Waals surface area contributed by atoms with Crippen LogP contribution in [0.4, 0.5) is 0 Å². The molecule has 0 bridgehead atoms. The van der Waals surface area contributed by atoms with Crippen molar-refractivity contribution in [3.05, 3.63) is 51.7 Å². The fraction of sp³-hybridized carbons (Fsp3) is 0.400. The van der Waals surface area contributed by atoms with Crippen LogP contribution in [0.15, 0.2) is 36.4 Å². The van der Waals surface area contributed by atoms with Crippen LogP contribution in [0.2, 0.25) is 0 Å². The van der Waals surface area contributed by atoms with Gasteiger partial charge >= 0.3 is 5.97 Å². The summed E-state index contributed by atoms with van der Waals surface area (Å²) in [5, 5.41) is 2.72. The molecule has 178 valence electrons. The lowest BCUT2D eigenvalue weighted by Crippen LogP contribution is -2.22. The number of hydrogen-bond donors (Lipinski definition) is 1. The Kier molecular flexibility index (Phi) is 11.2. The van der Waals surface area contributed by atoms with E-state index in [-0.39, 0.29) is 18.3 Å². The minimum Gasteiger partial charge on any atom is -0.490 e. The zero-order valence-corrected chi connectivity index (χ0v) is 20.2. The number of carbonyl (C=O) groups is 3. The van der Waals surface area contributed by atoms with Crippen LogP contribution in [0, 0.1) is 0 Å². The van der Waals surface area contributed by atoms with Gasteiger partial charge in [0, 0.05) is 24.4 Å². The summed E-state index contributed by atoms with van der Waals surface area (Å²) in [7, 11) is 0. The first-order chi connectivity index (χ1) is 15.9. The van der Waals surface area contributed by atoms with Crippen molar-refractivity contribution in [3.63, 3.8) is 0 Å². The molecule has 7 nitrogen and oxygen atoms in total. The minimum absolute atomic E-state index is 0.0896. The Hall–Kier alpha value is -3.13. The molecule has 0 aliphatic heterocycles. The number of benzene rings is 1. The molecule has 8 heteroatoms. The number of esters is 1. The van der Waals surface area contributed by atoms with Crippen LogP contribution in [0.25, 0.3) is 6.08 Å². The van der Waals surface area contributed by atoms with Crippen molar-refractivity contribution in [1.82, 2.24) is 5.32 Å². The maximum Gasteiger partial charge on any atom is 0.331 e. The van der Waals surface area contributed by atoms with Gasteiger partial charge in [-0.3, -0.25) is 9.59 Å². The van der Waals surface area contributed by atoms with Crippen molar-refractivity contribution in [2.24, 2.45) is 0 Å². The van der Waals surface area contributed by atoms with E-state index >= 15 is 0 Å². The smallest absolute Gasteiger partial charge is 0.331 e. The quantitative estimate of drug-likeness (QED) is 0.189. The molecule has 0 unspecified atom stereocenters. The molecule has 0 aliphatic rings. The standard InChI is InChI=1S/C25H31NO6S/c1-4-6-15-31-22-10-7-19(16-23(22)30-5-2)8-12-25(29)32-17-21(28)24-11-9-20(33-24)13-14-26-18(3)27/h7-12,16H,4-6,13-15,17H2,1-3H3,(H,26,27)/b12-8+. The van der Waals surface area contributed by atoms with E-state index < -0.39 is 5.97 Å². The predicted octanol–water partition coefficient (Wildman–Crippen LogP) is 4.44. The van der Waals surface area contributed by atoms with Gasteiger partial charge in [0.15, 0.2) is 18.1 Å². The monoisotopic (exact) mass is 473 g/mol. The molecule has 0 radical (unpaired) electrons. The molecular formula is C25H31NO6S. The predicted molar refractivity (Wildman–Crippen MR) is 129 cm³/mol. The Labute approximate surface area is 198 Å². The molecule has 0 fully saturated rings. The Bertz CT molecular complexity index is 966. The highest BCUT2D eigenvalue weighted by atomic mass is 32.1. The SMILES string of the molecule is CCCCOc1ccc(/C=C/C(=O)OCC(=O)c2ccc(CCNC(C)=O)s2)cc1OCC. The van der Waals surface area contributed by atoms with Crippen LogP contribution in [0.5, 0.6) is 11.5 Å². The van der Waals surface area contributed by atoms with Crippen LogP contribution in [-0.2, 0) is 20.7 Å². The molecule has 1 aromatic heterocycles. The molecule has 0 saturated heterocycles. The van der Waals surface area contributed by atoms with Crippen LogP contribution in [0.3, 0.4) is 0 Å². The van der Waals surface area contributed by atoms with E-state index in [1.54, 1.807) is 18.2 Å². The first kappa shape index (κ1) is 26.1. The normalized spacial score (nSPS) is 10.8. The number of Topliss-reactive ketones (excluding diaryl/α,β-unsaturated/α-hetero) is 1. The minimum atomic E-state index is -0.605. The van der Waals surface area contributed by atoms with Crippen molar-refractivity contribution in [3.8, 4) is 11.5 Å². The van der Waals surface area contributed by atoms with Gasteiger partial charge in [0.25, 0.3) is 0 Å². The lowest BCUT2D eigenvalue weighted by atomic mass is 10.2. The third-order valence-electron chi connectivity index (χ3n) is 4.46. The topological polar surface area (TPSA) is 90.9 Å². The van der Waals surface area contributed by atoms with Crippen LogP contribution >= 0.6 is 11.3 Å². The second kappa shape index (κ2) is 14.1. The lowest BCUT2D eigenvalue weighted by Gasteiger charge is -2.12. The average Bonchev–Trinajstić information content (AvgIpc) is 3.26. The summed E-state index contributed by atoms with van der Waals surface area (Å²) in [5.41, 5.74) is 0.756. The first-order valence-electron chi connectivity index (χ1n) is 11.0. The van der Waals surface area contributed by atoms with Gasteiger partial charge in [0.05, 0.1) is 18.1 Å². The van der Waals surface area contributed by atoms with Crippen molar-refractivity contribution in [2.45, 2.75) is 40.0 Å². The number of thiophene rings is 1. The molecule has 0 saturated carbocycles. The summed E-state index contributed by atoms with van der Waals surface area (Å²) in [6.07, 6.45) is 5.54. The summed E-state index contributed by atoms with van der Waals surface area (Å²) in [6, 6.07) is 8.99. The van der Waals surface area contributed by atoms with Crippen molar-refractivity contribution in [1.29, 1.82) is 0 Å². The number of rotatable bonds is 14. The van der Waals surface area contributed by atoms with Crippen LogP contribution in [0.1, 0.15) is 53.7 Å². The third-order valence-corrected chi connectivity index (χ3v) is 5.65. The van der Waals surface area contributed by atoms with Gasteiger partial charge in [0.1, 0.15) is 0 Å². The first-order valence-corrected chi connectivity index (χ1v) is 11.8. The number of unbranched alkanes of at least 4 members (excludes halogenated alkanes) is 1. The second-order valence-corrected chi connectivity index (χ2v) is 8.37. The largest absolute Gasteiger partial charge is 0.490 e. The van der Waals surface area contributed by atoms with E-state index in [4.69, 9.17) is 14.2 Å². The molecule has 2 rings (SSSR count). The maximum absolute atomic E-state index is 12.3. The summed E-state index contributed by atoms with van der Waals surface area (Å²) >= 11 is 1.33. The number of carbonyl (C=O) groups excluding carboxylic acids is 3. The fourth-order valence-electron chi connectivity index (χ4n) is 2.79. The van der Waals surface area contributed by atoms with E-state index in [1.807, 2.05) is 25.1 Å². The molecule has 0 atom stereocenters. The van der Waals surface area contributed by atoms with E-state index in [1.165, 1.54) is 24.3 Å². The zero-order valence-electron chi connectivity index (χ0n) is 19.3. The number of hydrogen-bond acceptors (Lipinski definition) is 7. The molecular weight excluding hydrogens is 442 g/mol. The van der Waals surface area contributed by atoms with E-state index in [0.717, 1.165) is 23.3 Å². The molecule has 2 aromatic rings. The maximum atomic E-state index is 12.3. The molecule has 1 aromatic carbocycles. The van der Waals surface area contributed by atoms with Crippen molar-refractivity contribution < 1.29 is 28.6 Å². The fourth-order valence-corrected chi connectivity index (χ4v) is 3.72. The van der Waals surface area contributed by atoms with Gasteiger partial charge in [-0.1, -0.05) is 19.4 Å². The summed E-state index contributed by atoms with van der Waals surface area (Å²) in [6.45, 7) is 6.76. The number of nitrogens with one attached hydrogen (secondary N) is 1.